The van der Waals surface area contributed by atoms with Crippen LogP contribution < -0.4 is 5.32 Å². The van der Waals surface area contributed by atoms with Gasteiger partial charge in [-0.25, -0.2) is 0 Å². The highest BCUT2D eigenvalue weighted by Gasteiger charge is 2.48. The van der Waals surface area contributed by atoms with Crippen LogP contribution >= 0.6 is 15.9 Å². The summed E-state index contributed by atoms with van der Waals surface area (Å²) >= 11 is 3.02. The molecule has 0 radical (unpaired) electrons. The Labute approximate surface area is 213 Å². The average Bonchev–Trinajstić information content (AvgIpc) is 3.22. The standard InChI is InChI=1S/C27H33BrF3N3O/c28-22-14-19(16-34-24(22)27(29,30)31)15-32-12-10-25(11-13-35-26(18-25)8-1-2-9-26)23-7-6-21(17-33-23)20-4-3-5-20/h6-7,14,16-17,20,32H,1-5,8-13,15,18H2/t25-/m1/s1. The molecule has 1 saturated heterocycles. The molecular weight excluding hydrogens is 519 g/mol. The molecule has 190 valence electrons. The second-order valence-corrected chi connectivity index (χ2v) is 11.5. The predicted molar refractivity (Wildman–Crippen MR) is 132 cm³/mol. The Balaban J connectivity index is 1.28. The van der Waals surface area contributed by atoms with E-state index in [4.69, 9.17) is 9.72 Å². The lowest BCUT2D eigenvalue weighted by Gasteiger charge is -2.46. The zero-order valence-corrected chi connectivity index (χ0v) is 21.6. The van der Waals surface area contributed by atoms with Gasteiger partial charge >= 0.3 is 6.18 Å². The Kier molecular flexibility index (Phi) is 7.26. The lowest BCUT2D eigenvalue weighted by molar-refractivity contribution is -0.141. The van der Waals surface area contributed by atoms with E-state index in [1.807, 2.05) is 0 Å². The van der Waals surface area contributed by atoms with Gasteiger partial charge in [0.05, 0.1) is 5.60 Å². The minimum absolute atomic E-state index is 0.0240. The van der Waals surface area contributed by atoms with E-state index in [9.17, 15) is 13.2 Å². The Bertz CT molecular complexity index is 1020. The number of hydrogen-bond donors (Lipinski definition) is 1. The first-order chi connectivity index (χ1) is 16.8. The lowest BCUT2D eigenvalue weighted by Crippen LogP contribution is -2.47. The molecule has 2 aromatic heterocycles. The summed E-state index contributed by atoms with van der Waals surface area (Å²) in [5, 5.41) is 3.45. The van der Waals surface area contributed by atoms with Crippen molar-refractivity contribution in [1.82, 2.24) is 15.3 Å². The molecule has 1 aliphatic heterocycles. The van der Waals surface area contributed by atoms with Gasteiger partial charge in [-0.2, -0.15) is 13.2 Å². The van der Waals surface area contributed by atoms with Gasteiger partial charge < -0.3 is 10.1 Å². The molecule has 35 heavy (non-hydrogen) atoms. The minimum atomic E-state index is -4.46. The molecule has 1 atom stereocenters. The quantitative estimate of drug-likeness (QED) is 0.374. The lowest BCUT2D eigenvalue weighted by atomic mass is 9.67. The number of rotatable bonds is 7. The van der Waals surface area contributed by atoms with Crippen LogP contribution in [-0.2, 0) is 22.9 Å². The molecule has 0 amide bonds. The van der Waals surface area contributed by atoms with Crippen molar-refractivity contribution in [1.29, 1.82) is 0 Å². The fraction of sp³-hybridized carbons (Fsp3) is 0.630. The zero-order chi connectivity index (χ0) is 24.5. The Morgan fingerprint density at radius 1 is 1.06 bits per heavy atom. The van der Waals surface area contributed by atoms with Crippen molar-refractivity contribution in [3.8, 4) is 0 Å². The van der Waals surface area contributed by atoms with Crippen LogP contribution in [0.1, 0.15) is 92.6 Å². The van der Waals surface area contributed by atoms with Gasteiger partial charge in [0.15, 0.2) is 5.69 Å². The summed E-state index contributed by atoms with van der Waals surface area (Å²) in [4.78, 5) is 8.63. The summed E-state index contributed by atoms with van der Waals surface area (Å²) in [7, 11) is 0. The molecule has 5 rings (SSSR count). The number of halogens is 4. The molecule has 0 bridgehead atoms. The summed E-state index contributed by atoms with van der Waals surface area (Å²) in [5.74, 6) is 0.668. The van der Waals surface area contributed by atoms with Crippen molar-refractivity contribution in [3.05, 3.63) is 57.6 Å². The topological polar surface area (TPSA) is 47.0 Å². The van der Waals surface area contributed by atoms with E-state index in [-0.39, 0.29) is 15.5 Å². The van der Waals surface area contributed by atoms with E-state index in [1.165, 1.54) is 49.9 Å². The number of alkyl halides is 3. The molecule has 3 aliphatic rings. The van der Waals surface area contributed by atoms with Crippen LogP contribution in [0.25, 0.3) is 0 Å². The van der Waals surface area contributed by atoms with Crippen molar-refractivity contribution in [3.63, 3.8) is 0 Å². The van der Waals surface area contributed by atoms with Gasteiger partial charge in [-0.15, -0.1) is 0 Å². The van der Waals surface area contributed by atoms with Gasteiger partial charge in [-0.05, 0) is 96.6 Å². The van der Waals surface area contributed by atoms with Gasteiger partial charge in [-0.3, -0.25) is 9.97 Å². The zero-order valence-electron chi connectivity index (χ0n) is 20.0. The second kappa shape index (κ2) is 10.1. The maximum atomic E-state index is 13.0. The average molecular weight is 552 g/mol. The van der Waals surface area contributed by atoms with Crippen LogP contribution in [0, 0.1) is 0 Å². The summed E-state index contributed by atoms with van der Waals surface area (Å²) in [6.07, 6.45) is 10.3. The van der Waals surface area contributed by atoms with Crippen LogP contribution in [0.3, 0.4) is 0 Å². The third-order valence-corrected chi connectivity index (χ3v) is 8.95. The fourth-order valence-corrected chi connectivity index (χ4v) is 6.79. The summed E-state index contributed by atoms with van der Waals surface area (Å²) in [6.45, 7) is 1.97. The Hall–Kier alpha value is -1.51. The molecule has 0 aromatic carbocycles. The van der Waals surface area contributed by atoms with Gasteiger partial charge in [0.1, 0.15) is 0 Å². The first kappa shape index (κ1) is 25.2. The van der Waals surface area contributed by atoms with E-state index in [1.54, 1.807) is 0 Å². The summed E-state index contributed by atoms with van der Waals surface area (Å²) in [6, 6.07) is 6.03. The third-order valence-electron chi connectivity index (χ3n) is 8.35. The van der Waals surface area contributed by atoms with E-state index in [2.05, 4.69) is 44.6 Å². The largest absolute Gasteiger partial charge is 0.434 e. The van der Waals surface area contributed by atoms with Crippen molar-refractivity contribution < 1.29 is 17.9 Å². The third kappa shape index (κ3) is 5.44. The van der Waals surface area contributed by atoms with E-state index in [0.29, 0.717) is 12.5 Å². The molecule has 4 nitrogen and oxygen atoms in total. The number of ether oxygens (including phenoxy) is 1. The molecule has 2 aliphatic carbocycles. The normalized spacial score (nSPS) is 24.6. The number of nitrogens with zero attached hydrogens (tertiary/aromatic N) is 2. The molecule has 8 heteroatoms. The van der Waals surface area contributed by atoms with Crippen molar-refractivity contribution in [2.45, 2.75) is 93.9 Å². The molecular formula is C27H33BrF3N3O. The molecule has 2 saturated carbocycles. The van der Waals surface area contributed by atoms with Gasteiger partial charge in [0.25, 0.3) is 0 Å². The molecule has 1 N–H and O–H groups in total. The molecule has 3 heterocycles. The monoisotopic (exact) mass is 551 g/mol. The highest BCUT2D eigenvalue weighted by molar-refractivity contribution is 9.10. The first-order valence-corrected chi connectivity index (χ1v) is 13.6. The maximum Gasteiger partial charge on any atom is 0.434 e. The summed E-state index contributed by atoms with van der Waals surface area (Å²) < 4.78 is 45.3. The fourth-order valence-electron chi connectivity index (χ4n) is 6.16. The van der Waals surface area contributed by atoms with Gasteiger partial charge in [0.2, 0.25) is 0 Å². The highest BCUT2D eigenvalue weighted by Crippen LogP contribution is 2.50. The van der Waals surface area contributed by atoms with Crippen LogP contribution in [-0.4, -0.2) is 28.7 Å². The Morgan fingerprint density at radius 3 is 2.49 bits per heavy atom. The SMILES string of the molecule is FC(F)(F)c1ncc(CNCC[C@@]2(c3ccc(C4CCC4)cn3)CCOC3(CCCC3)C2)cc1Br. The maximum absolute atomic E-state index is 13.0. The van der Waals surface area contributed by atoms with Crippen LogP contribution in [0.2, 0.25) is 0 Å². The molecule has 2 aromatic rings. The van der Waals surface area contributed by atoms with Gasteiger partial charge in [-0.1, -0.05) is 25.3 Å². The smallest absolute Gasteiger partial charge is 0.375 e. The molecule has 1 spiro atoms. The van der Waals surface area contributed by atoms with Crippen LogP contribution in [0.15, 0.2) is 35.1 Å². The minimum Gasteiger partial charge on any atom is -0.375 e. The number of aromatic nitrogens is 2. The second-order valence-electron chi connectivity index (χ2n) is 10.6. The number of nitrogens with one attached hydrogen (secondary N) is 1. The van der Waals surface area contributed by atoms with Crippen molar-refractivity contribution >= 4 is 15.9 Å². The van der Waals surface area contributed by atoms with Gasteiger partial charge in [0, 0.05) is 41.1 Å². The Morgan fingerprint density at radius 2 is 1.86 bits per heavy atom. The van der Waals surface area contributed by atoms with Crippen LogP contribution in [0.5, 0.6) is 0 Å². The van der Waals surface area contributed by atoms with E-state index < -0.39 is 11.9 Å². The number of hydrogen-bond acceptors (Lipinski definition) is 4. The summed E-state index contributed by atoms with van der Waals surface area (Å²) in [5.41, 5.74) is 2.27. The highest BCUT2D eigenvalue weighted by atomic mass is 79.9. The molecule has 3 fully saturated rings. The molecule has 0 unspecified atom stereocenters. The van der Waals surface area contributed by atoms with E-state index >= 15 is 0 Å². The van der Waals surface area contributed by atoms with E-state index in [0.717, 1.165) is 56.5 Å². The van der Waals surface area contributed by atoms with Crippen molar-refractivity contribution in [2.24, 2.45) is 0 Å². The van der Waals surface area contributed by atoms with Crippen molar-refractivity contribution in [2.75, 3.05) is 13.2 Å². The first-order valence-electron chi connectivity index (χ1n) is 12.8. The predicted octanol–water partition coefficient (Wildman–Crippen LogP) is 7.07. The van der Waals surface area contributed by atoms with Crippen LogP contribution in [0.4, 0.5) is 13.2 Å². The number of pyridine rings is 2.